The highest BCUT2D eigenvalue weighted by Gasteiger charge is 2.20. The molecule has 3 aliphatic carbocycles. The molecule has 0 bridgehead atoms. The Balaban J connectivity index is 0.000000178. The fourth-order valence-electron chi connectivity index (χ4n) is 3.76. The van der Waals surface area contributed by atoms with Crippen LogP contribution in [0.1, 0.15) is 96.3 Å². The maximum Gasteiger partial charge on any atom is 0.0578 e. The Morgan fingerprint density at radius 1 is 0.500 bits per heavy atom. The average Bonchev–Trinajstić information content (AvgIpc) is 2.51. The van der Waals surface area contributed by atoms with Gasteiger partial charge in [0.1, 0.15) is 0 Å². The maximum absolute atomic E-state index is 8.91. The fourth-order valence-corrected chi connectivity index (χ4v) is 3.76. The van der Waals surface area contributed by atoms with E-state index in [2.05, 4.69) is 0 Å². The van der Waals surface area contributed by atoms with E-state index >= 15 is 0 Å². The standard InChI is InChI=1S/C12H22O.C6H12O/c1-3-7-11(8-4-1)13-12-9-5-2-6-10-12;7-6-4-2-1-3-5-6/h11-12H,1-10H2;6-7H,1-5H2. The normalized spacial score (nSPS) is 26.9. The Morgan fingerprint density at radius 2 is 0.850 bits per heavy atom. The SMILES string of the molecule is C1CCC(OC2CCCCC2)CC1.OC1CCCCC1. The van der Waals surface area contributed by atoms with Crippen LogP contribution >= 0.6 is 0 Å². The van der Waals surface area contributed by atoms with Crippen LogP contribution in [0.15, 0.2) is 0 Å². The van der Waals surface area contributed by atoms with Crippen molar-refractivity contribution in [1.29, 1.82) is 0 Å². The summed E-state index contributed by atoms with van der Waals surface area (Å²) >= 11 is 0. The third-order valence-corrected chi connectivity index (χ3v) is 5.06. The number of aliphatic hydroxyl groups excluding tert-OH is 1. The molecule has 2 heteroatoms. The molecule has 118 valence electrons. The second-order valence-corrected chi connectivity index (χ2v) is 6.95. The number of aliphatic hydroxyl groups is 1. The average molecular weight is 282 g/mol. The molecule has 0 spiro atoms. The topological polar surface area (TPSA) is 29.5 Å². The highest BCUT2D eigenvalue weighted by atomic mass is 16.5. The van der Waals surface area contributed by atoms with Crippen LogP contribution in [0.2, 0.25) is 0 Å². The van der Waals surface area contributed by atoms with Gasteiger partial charge >= 0.3 is 0 Å². The van der Waals surface area contributed by atoms with Gasteiger partial charge in [-0.15, -0.1) is 0 Å². The summed E-state index contributed by atoms with van der Waals surface area (Å²) in [5.41, 5.74) is 0. The Hall–Kier alpha value is -0.0800. The van der Waals surface area contributed by atoms with E-state index in [9.17, 15) is 0 Å². The first-order valence-electron chi connectivity index (χ1n) is 9.18. The molecule has 20 heavy (non-hydrogen) atoms. The minimum Gasteiger partial charge on any atom is -0.393 e. The van der Waals surface area contributed by atoms with Crippen molar-refractivity contribution in [3.63, 3.8) is 0 Å². The molecule has 0 aromatic carbocycles. The van der Waals surface area contributed by atoms with E-state index in [4.69, 9.17) is 9.84 Å². The predicted molar refractivity (Wildman–Crippen MR) is 83.9 cm³/mol. The fraction of sp³-hybridized carbons (Fsp3) is 1.00. The van der Waals surface area contributed by atoms with Gasteiger partial charge in [0, 0.05) is 0 Å². The van der Waals surface area contributed by atoms with E-state index in [0.29, 0.717) is 12.2 Å². The van der Waals surface area contributed by atoms with Crippen molar-refractivity contribution in [1.82, 2.24) is 0 Å². The van der Waals surface area contributed by atoms with Gasteiger partial charge < -0.3 is 9.84 Å². The first-order valence-corrected chi connectivity index (χ1v) is 9.18. The van der Waals surface area contributed by atoms with Gasteiger partial charge in [-0.2, -0.15) is 0 Å². The van der Waals surface area contributed by atoms with Crippen LogP contribution in [0.5, 0.6) is 0 Å². The smallest absolute Gasteiger partial charge is 0.0578 e. The molecule has 2 nitrogen and oxygen atoms in total. The van der Waals surface area contributed by atoms with Gasteiger partial charge in [-0.05, 0) is 38.5 Å². The quantitative estimate of drug-likeness (QED) is 0.774. The van der Waals surface area contributed by atoms with Crippen LogP contribution in [0.3, 0.4) is 0 Å². The van der Waals surface area contributed by atoms with E-state index in [1.165, 1.54) is 83.5 Å². The molecule has 0 heterocycles. The third kappa shape index (κ3) is 6.58. The van der Waals surface area contributed by atoms with Gasteiger partial charge in [0.15, 0.2) is 0 Å². The minimum absolute atomic E-state index is 0.0359. The Bertz CT molecular complexity index is 208. The van der Waals surface area contributed by atoms with Crippen molar-refractivity contribution in [2.45, 2.75) is 115 Å². The summed E-state index contributed by atoms with van der Waals surface area (Å²) in [5, 5.41) is 8.91. The second kappa shape index (κ2) is 9.78. The van der Waals surface area contributed by atoms with Gasteiger partial charge in [-0.3, -0.25) is 0 Å². The molecule has 1 N–H and O–H groups in total. The van der Waals surface area contributed by atoms with Crippen molar-refractivity contribution < 1.29 is 9.84 Å². The predicted octanol–water partition coefficient (Wildman–Crippen LogP) is 4.98. The monoisotopic (exact) mass is 282 g/mol. The highest BCUT2D eigenvalue weighted by molar-refractivity contribution is 4.71. The molecule has 0 aromatic rings. The molecular formula is C18H34O2. The summed E-state index contributed by atoms with van der Waals surface area (Å²) in [7, 11) is 0. The molecule has 0 radical (unpaired) electrons. The molecule has 0 unspecified atom stereocenters. The van der Waals surface area contributed by atoms with E-state index in [-0.39, 0.29) is 6.10 Å². The van der Waals surface area contributed by atoms with E-state index in [0.717, 1.165) is 12.8 Å². The lowest BCUT2D eigenvalue weighted by molar-refractivity contribution is -0.0450. The zero-order chi connectivity index (χ0) is 14.0. The Labute approximate surface area is 125 Å². The van der Waals surface area contributed by atoms with Crippen molar-refractivity contribution in [2.75, 3.05) is 0 Å². The lowest BCUT2D eigenvalue weighted by atomic mass is 9.95. The van der Waals surface area contributed by atoms with Crippen molar-refractivity contribution in [3.8, 4) is 0 Å². The molecule has 0 aliphatic heterocycles. The summed E-state index contributed by atoms with van der Waals surface area (Å²) in [6, 6.07) is 0. The van der Waals surface area contributed by atoms with Crippen LogP contribution in [0.25, 0.3) is 0 Å². The summed E-state index contributed by atoms with van der Waals surface area (Å²) in [6.45, 7) is 0. The van der Waals surface area contributed by atoms with Crippen LogP contribution in [-0.4, -0.2) is 23.4 Å². The third-order valence-electron chi connectivity index (χ3n) is 5.06. The number of hydrogen-bond acceptors (Lipinski definition) is 2. The van der Waals surface area contributed by atoms with Gasteiger partial charge in [-0.25, -0.2) is 0 Å². The van der Waals surface area contributed by atoms with E-state index < -0.39 is 0 Å². The molecule has 3 rings (SSSR count). The maximum atomic E-state index is 8.91. The molecule has 3 fully saturated rings. The molecule has 3 saturated carbocycles. The summed E-state index contributed by atoms with van der Waals surface area (Å²) in [4.78, 5) is 0. The second-order valence-electron chi connectivity index (χ2n) is 6.95. The van der Waals surface area contributed by atoms with Crippen molar-refractivity contribution in [3.05, 3.63) is 0 Å². The summed E-state index contributed by atoms with van der Waals surface area (Å²) < 4.78 is 6.13. The number of hydrogen-bond donors (Lipinski definition) is 1. The molecule has 0 amide bonds. The van der Waals surface area contributed by atoms with Crippen LogP contribution < -0.4 is 0 Å². The Kier molecular flexibility index (Phi) is 7.97. The zero-order valence-electron chi connectivity index (χ0n) is 13.2. The number of rotatable bonds is 2. The van der Waals surface area contributed by atoms with Crippen LogP contribution in [0.4, 0.5) is 0 Å². The van der Waals surface area contributed by atoms with Gasteiger partial charge in [0.25, 0.3) is 0 Å². The van der Waals surface area contributed by atoms with Gasteiger partial charge in [0.05, 0.1) is 18.3 Å². The molecule has 0 atom stereocenters. The molecule has 0 saturated heterocycles. The number of ether oxygens (including phenoxy) is 1. The largest absolute Gasteiger partial charge is 0.393 e. The van der Waals surface area contributed by atoms with Gasteiger partial charge in [0.2, 0.25) is 0 Å². The first-order chi connectivity index (χ1) is 9.84. The van der Waals surface area contributed by atoms with Crippen molar-refractivity contribution in [2.24, 2.45) is 0 Å². The van der Waals surface area contributed by atoms with Crippen LogP contribution in [0, 0.1) is 0 Å². The lowest BCUT2D eigenvalue weighted by Gasteiger charge is -2.29. The summed E-state index contributed by atoms with van der Waals surface area (Å²) in [5.74, 6) is 0. The Morgan fingerprint density at radius 3 is 1.15 bits per heavy atom. The minimum atomic E-state index is 0.0359. The highest BCUT2D eigenvalue weighted by Crippen LogP contribution is 2.27. The summed E-state index contributed by atoms with van der Waals surface area (Å²) in [6.07, 6.45) is 21.0. The van der Waals surface area contributed by atoms with Gasteiger partial charge in [-0.1, -0.05) is 57.8 Å². The first kappa shape index (κ1) is 16.3. The van der Waals surface area contributed by atoms with Crippen molar-refractivity contribution >= 4 is 0 Å². The van der Waals surface area contributed by atoms with E-state index in [1.54, 1.807) is 0 Å². The molecular weight excluding hydrogens is 248 g/mol. The van der Waals surface area contributed by atoms with Crippen LogP contribution in [-0.2, 0) is 4.74 Å². The molecule has 0 aromatic heterocycles. The molecule has 3 aliphatic rings. The zero-order valence-corrected chi connectivity index (χ0v) is 13.2. The lowest BCUT2D eigenvalue weighted by Crippen LogP contribution is -2.25. The van der Waals surface area contributed by atoms with E-state index in [1.807, 2.05) is 0 Å².